The summed E-state index contributed by atoms with van der Waals surface area (Å²) in [6.07, 6.45) is 1.59. The van der Waals surface area contributed by atoms with Crippen LogP contribution in [0.2, 0.25) is 0 Å². The van der Waals surface area contributed by atoms with E-state index in [9.17, 15) is 0 Å². The van der Waals surface area contributed by atoms with Gasteiger partial charge in [-0.1, -0.05) is 18.2 Å². The Morgan fingerprint density at radius 2 is 2.06 bits per heavy atom. The Hall–Kier alpha value is -1.48. The van der Waals surface area contributed by atoms with Gasteiger partial charge in [0.2, 0.25) is 0 Å². The van der Waals surface area contributed by atoms with Crippen LogP contribution in [0.1, 0.15) is 12.6 Å². The first-order chi connectivity index (χ1) is 7.85. The van der Waals surface area contributed by atoms with Gasteiger partial charge in [0, 0.05) is 12.2 Å². The Morgan fingerprint density at radius 1 is 1.31 bits per heavy atom. The molecule has 84 valence electrons. The maximum atomic E-state index is 5.69. The monoisotopic (exact) mass is 236 g/mol. The van der Waals surface area contributed by atoms with Crippen molar-refractivity contribution < 1.29 is 4.42 Å². The zero-order valence-electron chi connectivity index (χ0n) is 9.06. The summed E-state index contributed by atoms with van der Waals surface area (Å²) in [5.74, 6) is 0.371. The standard InChI is InChI=1S/C12H13ClN2O/c1-2-15(11-6-4-3-5-7-11)12-14-10(8-13)9-16-12/h3-7,9H,2,8H2,1H3. The molecule has 0 aliphatic heterocycles. The van der Waals surface area contributed by atoms with Gasteiger partial charge in [0.25, 0.3) is 0 Å². The highest BCUT2D eigenvalue weighted by atomic mass is 35.5. The molecule has 2 rings (SSSR count). The zero-order valence-corrected chi connectivity index (χ0v) is 9.81. The molecular weight excluding hydrogens is 224 g/mol. The first-order valence-electron chi connectivity index (χ1n) is 5.18. The topological polar surface area (TPSA) is 29.3 Å². The average Bonchev–Trinajstić information content (AvgIpc) is 2.80. The smallest absolute Gasteiger partial charge is 0.302 e. The highest BCUT2D eigenvalue weighted by molar-refractivity contribution is 6.16. The second-order valence-electron chi connectivity index (χ2n) is 3.33. The second-order valence-corrected chi connectivity index (χ2v) is 3.60. The molecule has 0 fully saturated rings. The quantitative estimate of drug-likeness (QED) is 0.760. The number of anilines is 2. The SMILES string of the molecule is CCN(c1ccccc1)c1nc(CCl)co1. The van der Waals surface area contributed by atoms with Crippen LogP contribution in [0.25, 0.3) is 0 Å². The number of aromatic nitrogens is 1. The van der Waals surface area contributed by atoms with E-state index in [0.717, 1.165) is 17.9 Å². The van der Waals surface area contributed by atoms with Crippen LogP contribution in [-0.4, -0.2) is 11.5 Å². The Labute approximate surface area is 99.7 Å². The van der Waals surface area contributed by atoms with Gasteiger partial charge in [-0.15, -0.1) is 11.6 Å². The van der Waals surface area contributed by atoms with Crippen LogP contribution in [0.4, 0.5) is 11.7 Å². The zero-order chi connectivity index (χ0) is 11.4. The molecule has 1 aromatic carbocycles. The molecule has 1 aromatic heterocycles. The van der Waals surface area contributed by atoms with Crippen LogP contribution < -0.4 is 4.90 Å². The fourth-order valence-corrected chi connectivity index (χ4v) is 1.64. The lowest BCUT2D eigenvalue weighted by Crippen LogP contribution is -2.16. The molecule has 0 atom stereocenters. The highest BCUT2D eigenvalue weighted by Crippen LogP contribution is 2.24. The van der Waals surface area contributed by atoms with E-state index in [1.807, 2.05) is 35.2 Å². The van der Waals surface area contributed by atoms with Crippen molar-refractivity contribution in [3.8, 4) is 0 Å². The second kappa shape index (κ2) is 5.03. The molecule has 0 bridgehead atoms. The van der Waals surface area contributed by atoms with Gasteiger partial charge in [-0.3, -0.25) is 4.90 Å². The van der Waals surface area contributed by atoms with E-state index in [1.165, 1.54) is 0 Å². The van der Waals surface area contributed by atoms with E-state index < -0.39 is 0 Å². The van der Waals surface area contributed by atoms with E-state index in [-0.39, 0.29) is 0 Å². The maximum absolute atomic E-state index is 5.69. The molecule has 0 N–H and O–H groups in total. The van der Waals surface area contributed by atoms with E-state index in [1.54, 1.807) is 6.26 Å². The van der Waals surface area contributed by atoms with Crippen LogP contribution in [0.15, 0.2) is 41.0 Å². The molecule has 2 aromatic rings. The maximum Gasteiger partial charge on any atom is 0.302 e. The van der Waals surface area contributed by atoms with Crippen molar-refractivity contribution >= 4 is 23.3 Å². The van der Waals surface area contributed by atoms with E-state index in [4.69, 9.17) is 16.0 Å². The van der Waals surface area contributed by atoms with Crippen LogP contribution in [0, 0.1) is 0 Å². The molecule has 0 saturated heterocycles. The molecule has 0 spiro atoms. The predicted molar refractivity (Wildman–Crippen MR) is 65.2 cm³/mol. The number of rotatable bonds is 4. The van der Waals surface area contributed by atoms with Gasteiger partial charge in [-0.25, -0.2) is 0 Å². The van der Waals surface area contributed by atoms with Gasteiger partial charge in [-0.05, 0) is 19.1 Å². The molecule has 0 radical (unpaired) electrons. The third kappa shape index (κ3) is 2.19. The molecule has 0 saturated carbocycles. The summed E-state index contributed by atoms with van der Waals surface area (Å²) < 4.78 is 5.39. The Kier molecular flexibility index (Phi) is 3.47. The normalized spacial score (nSPS) is 10.4. The van der Waals surface area contributed by atoms with Gasteiger partial charge in [-0.2, -0.15) is 4.98 Å². The van der Waals surface area contributed by atoms with Crippen molar-refractivity contribution in [1.29, 1.82) is 0 Å². The molecule has 0 amide bonds. The summed E-state index contributed by atoms with van der Waals surface area (Å²) in [6.45, 7) is 2.85. The van der Waals surface area contributed by atoms with Crippen molar-refractivity contribution in [2.75, 3.05) is 11.4 Å². The number of halogens is 1. The fraction of sp³-hybridized carbons (Fsp3) is 0.250. The van der Waals surface area contributed by atoms with Crippen molar-refractivity contribution in [2.24, 2.45) is 0 Å². The predicted octanol–water partition coefficient (Wildman–Crippen LogP) is 3.57. The highest BCUT2D eigenvalue weighted by Gasteiger charge is 2.12. The lowest BCUT2D eigenvalue weighted by molar-refractivity contribution is 0.554. The van der Waals surface area contributed by atoms with E-state index in [2.05, 4.69) is 11.9 Å². The van der Waals surface area contributed by atoms with Gasteiger partial charge in [0.1, 0.15) is 6.26 Å². The number of nitrogens with zero attached hydrogens (tertiary/aromatic N) is 2. The minimum absolute atomic E-state index is 0.371. The molecule has 1 heterocycles. The largest absolute Gasteiger partial charge is 0.431 e. The average molecular weight is 237 g/mol. The summed E-state index contributed by atoms with van der Waals surface area (Å²) in [7, 11) is 0. The molecule has 0 aliphatic rings. The number of hydrogen-bond acceptors (Lipinski definition) is 3. The minimum atomic E-state index is 0.371. The Morgan fingerprint density at radius 3 is 2.62 bits per heavy atom. The summed E-state index contributed by atoms with van der Waals surface area (Å²) in [6, 6.07) is 10.6. The van der Waals surface area contributed by atoms with Crippen molar-refractivity contribution in [3.63, 3.8) is 0 Å². The van der Waals surface area contributed by atoms with Crippen LogP contribution in [0.5, 0.6) is 0 Å². The summed E-state index contributed by atoms with van der Waals surface area (Å²) in [4.78, 5) is 6.30. The van der Waals surface area contributed by atoms with Gasteiger partial charge >= 0.3 is 6.01 Å². The van der Waals surface area contributed by atoms with Gasteiger partial charge in [0.05, 0.1) is 11.6 Å². The third-order valence-corrected chi connectivity index (χ3v) is 2.57. The summed E-state index contributed by atoms with van der Waals surface area (Å²) in [5, 5.41) is 0. The summed E-state index contributed by atoms with van der Waals surface area (Å²) >= 11 is 5.69. The number of benzene rings is 1. The number of hydrogen-bond donors (Lipinski definition) is 0. The van der Waals surface area contributed by atoms with Crippen molar-refractivity contribution in [3.05, 3.63) is 42.3 Å². The number of oxazole rings is 1. The molecule has 0 aliphatic carbocycles. The fourth-order valence-electron chi connectivity index (χ4n) is 1.52. The molecule has 4 heteroatoms. The van der Waals surface area contributed by atoms with Crippen LogP contribution in [-0.2, 0) is 5.88 Å². The first kappa shape index (κ1) is 11.0. The molecule has 16 heavy (non-hydrogen) atoms. The lowest BCUT2D eigenvalue weighted by Gasteiger charge is -2.18. The Balaban J connectivity index is 2.29. The van der Waals surface area contributed by atoms with Gasteiger partial charge < -0.3 is 4.42 Å². The van der Waals surface area contributed by atoms with E-state index >= 15 is 0 Å². The number of para-hydroxylation sites is 1. The first-order valence-corrected chi connectivity index (χ1v) is 5.71. The third-order valence-electron chi connectivity index (χ3n) is 2.29. The van der Waals surface area contributed by atoms with E-state index in [0.29, 0.717) is 11.9 Å². The van der Waals surface area contributed by atoms with Gasteiger partial charge in [0.15, 0.2) is 0 Å². The van der Waals surface area contributed by atoms with Crippen LogP contribution in [0.3, 0.4) is 0 Å². The number of alkyl halides is 1. The summed E-state index contributed by atoms with van der Waals surface area (Å²) in [5.41, 5.74) is 1.82. The minimum Gasteiger partial charge on any atom is -0.431 e. The molecular formula is C12H13ClN2O. The molecule has 3 nitrogen and oxygen atoms in total. The molecule has 0 unspecified atom stereocenters. The van der Waals surface area contributed by atoms with Crippen molar-refractivity contribution in [2.45, 2.75) is 12.8 Å². The van der Waals surface area contributed by atoms with Crippen molar-refractivity contribution in [1.82, 2.24) is 4.98 Å². The Bertz CT molecular complexity index is 441. The van der Waals surface area contributed by atoms with Crippen LogP contribution >= 0.6 is 11.6 Å². The lowest BCUT2D eigenvalue weighted by atomic mass is 10.3.